The van der Waals surface area contributed by atoms with Crippen LogP contribution in [0.3, 0.4) is 0 Å². The molecule has 1 N–H and O–H groups in total. The molecule has 5 nitrogen and oxygen atoms in total. The Balaban J connectivity index is 1.44. The number of benzene rings is 2. The maximum atomic E-state index is 12.3. The molecule has 0 saturated heterocycles. The van der Waals surface area contributed by atoms with Crippen molar-refractivity contribution in [2.75, 3.05) is 6.61 Å². The monoisotopic (exact) mass is 510 g/mol. The number of hydrogen-bond acceptors (Lipinski definition) is 4. The van der Waals surface area contributed by atoms with Crippen molar-refractivity contribution in [3.05, 3.63) is 59.7 Å². The average molecular weight is 511 g/mol. The van der Waals surface area contributed by atoms with E-state index in [9.17, 15) is 9.59 Å². The van der Waals surface area contributed by atoms with Crippen molar-refractivity contribution in [1.29, 1.82) is 0 Å². The summed E-state index contributed by atoms with van der Waals surface area (Å²) in [5, 5.41) is 8.93. The number of carbonyl (C=O) groups is 2. The van der Waals surface area contributed by atoms with E-state index in [1.54, 1.807) is 24.3 Å². The fraction of sp³-hybridized carbons (Fsp3) is 0.562. The molecule has 37 heavy (non-hydrogen) atoms. The van der Waals surface area contributed by atoms with Crippen molar-refractivity contribution in [2.24, 2.45) is 0 Å². The standard InChI is InChI=1S/C32H46O5/c1-2-3-4-5-6-7-8-9-10-11-12-13-14-15-16-17-26-36-29-22-20-28(21-23-29)32(35)37-30-24-18-27(19-25-30)31(33)34/h18-25H,2-17,26H2,1H3,(H,33,34). The second-order valence-electron chi connectivity index (χ2n) is 9.90. The van der Waals surface area contributed by atoms with E-state index in [2.05, 4.69) is 6.92 Å². The first kappa shape index (κ1) is 30.4. The Morgan fingerprint density at radius 1 is 0.568 bits per heavy atom. The predicted molar refractivity (Wildman–Crippen MR) is 150 cm³/mol. The fourth-order valence-electron chi connectivity index (χ4n) is 4.36. The molecule has 0 aromatic heterocycles. The smallest absolute Gasteiger partial charge is 0.343 e. The lowest BCUT2D eigenvalue weighted by Gasteiger charge is -2.08. The molecule has 2 aromatic rings. The first-order chi connectivity index (χ1) is 18.1. The topological polar surface area (TPSA) is 72.8 Å². The second kappa shape index (κ2) is 19.3. The van der Waals surface area contributed by atoms with E-state index in [1.165, 1.54) is 121 Å². The van der Waals surface area contributed by atoms with Crippen LogP contribution in [0.5, 0.6) is 11.5 Å². The van der Waals surface area contributed by atoms with E-state index in [1.807, 2.05) is 0 Å². The molecule has 0 aliphatic carbocycles. The van der Waals surface area contributed by atoms with Gasteiger partial charge in [-0.05, 0) is 55.0 Å². The van der Waals surface area contributed by atoms with Crippen LogP contribution >= 0.6 is 0 Å². The molecule has 0 spiro atoms. The van der Waals surface area contributed by atoms with Crippen molar-refractivity contribution in [2.45, 2.75) is 110 Å². The van der Waals surface area contributed by atoms with Crippen LogP contribution < -0.4 is 9.47 Å². The summed E-state index contributed by atoms with van der Waals surface area (Å²) in [6.07, 6.45) is 21.6. The summed E-state index contributed by atoms with van der Waals surface area (Å²) in [7, 11) is 0. The highest BCUT2D eigenvalue weighted by Crippen LogP contribution is 2.18. The number of aromatic carboxylic acids is 1. The van der Waals surface area contributed by atoms with Gasteiger partial charge in [-0.2, -0.15) is 0 Å². The van der Waals surface area contributed by atoms with Crippen LogP contribution in [0.2, 0.25) is 0 Å². The molecular weight excluding hydrogens is 464 g/mol. The Hall–Kier alpha value is -2.82. The largest absolute Gasteiger partial charge is 0.494 e. The van der Waals surface area contributed by atoms with Gasteiger partial charge in [-0.25, -0.2) is 9.59 Å². The Labute approximate surface area is 223 Å². The van der Waals surface area contributed by atoms with Gasteiger partial charge in [0.25, 0.3) is 0 Å². The van der Waals surface area contributed by atoms with Crippen molar-refractivity contribution in [3.63, 3.8) is 0 Å². The third-order valence-electron chi connectivity index (χ3n) is 6.67. The summed E-state index contributed by atoms with van der Waals surface area (Å²) in [4.78, 5) is 23.2. The van der Waals surface area contributed by atoms with Gasteiger partial charge < -0.3 is 14.6 Å². The number of carboxylic acid groups (broad SMARTS) is 1. The van der Waals surface area contributed by atoms with Crippen LogP contribution in [0.25, 0.3) is 0 Å². The number of rotatable bonds is 21. The quantitative estimate of drug-likeness (QED) is 0.103. The lowest BCUT2D eigenvalue weighted by molar-refractivity contribution is 0.0696. The Bertz CT molecular complexity index is 873. The van der Waals surface area contributed by atoms with Crippen LogP contribution in [0.4, 0.5) is 0 Å². The van der Waals surface area contributed by atoms with Gasteiger partial charge in [-0.15, -0.1) is 0 Å². The van der Waals surface area contributed by atoms with Crippen LogP contribution in [0.15, 0.2) is 48.5 Å². The van der Waals surface area contributed by atoms with Gasteiger partial charge in [0, 0.05) is 0 Å². The number of carbonyl (C=O) groups excluding carboxylic acids is 1. The van der Waals surface area contributed by atoms with Gasteiger partial charge in [-0.1, -0.05) is 103 Å². The van der Waals surface area contributed by atoms with Gasteiger partial charge >= 0.3 is 11.9 Å². The number of carboxylic acids is 1. The minimum atomic E-state index is -1.02. The molecule has 0 unspecified atom stereocenters. The summed E-state index contributed by atoms with van der Waals surface area (Å²) in [5.74, 6) is -0.470. The molecule has 0 aliphatic rings. The molecule has 0 radical (unpaired) electrons. The molecule has 0 aliphatic heterocycles. The molecule has 2 rings (SSSR count). The Morgan fingerprint density at radius 3 is 1.43 bits per heavy atom. The zero-order valence-corrected chi connectivity index (χ0v) is 22.7. The molecule has 0 bridgehead atoms. The van der Waals surface area contributed by atoms with Crippen LogP contribution in [-0.2, 0) is 0 Å². The van der Waals surface area contributed by atoms with E-state index >= 15 is 0 Å². The van der Waals surface area contributed by atoms with Gasteiger partial charge in [0.1, 0.15) is 11.5 Å². The summed E-state index contributed by atoms with van der Waals surface area (Å²) < 4.78 is 11.1. The molecule has 0 fully saturated rings. The van der Waals surface area contributed by atoms with Crippen LogP contribution in [-0.4, -0.2) is 23.7 Å². The van der Waals surface area contributed by atoms with Crippen LogP contribution in [0.1, 0.15) is 130 Å². The molecule has 204 valence electrons. The Kier molecular flexibility index (Phi) is 15.9. The highest BCUT2D eigenvalue weighted by Gasteiger charge is 2.10. The number of unbranched alkanes of at least 4 members (excludes halogenated alkanes) is 15. The number of esters is 1. The first-order valence-corrected chi connectivity index (χ1v) is 14.4. The minimum Gasteiger partial charge on any atom is -0.494 e. The Morgan fingerprint density at radius 2 is 0.973 bits per heavy atom. The zero-order chi connectivity index (χ0) is 26.6. The van der Waals surface area contributed by atoms with E-state index < -0.39 is 11.9 Å². The summed E-state index contributed by atoms with van der Waals surface area (Å²) in [5.41, 5.74) is 0.558. The van der Waals surface area contributed by atoms with Crippen molar-refractivity contribution in [1.82, 2.24) is 0 Å². The maximum absolute atomic E-state index is 12.3. The number of ether oxygens (including phenoxy) is 2. The zero-order valence-electron chi connectivity index (χ0n) is 22.7. The SMILES string of the molecule is CCCCCCCCCCCCCCCCCCOc1ccc(C(=O)Oc2ccc(C(=O)O)cc2)cc1. The molecule has 0 atom stereocenters. The van der Waals surface area contributed by atoms with Gasteiger partial charge in [0.05, 0.1) is 17.7 Å². The van der Waals surface area contributed by atoms with E-state index in [0.717, 1.165) is 12.2 Å². The first-order valence-electron chi connectivity index (χ1n) is 14.4. The van der Waals surface area contributed by atoms with Gasteiger partial charge in [0.2, 0.25) is 0 Å². The normalized spacial score (nSPS) is 10.8. The van der Waals surface area contributed by atoms with E-state index in [-0.39, 0.29) is 5.56 Å². The third kappa shape index (κ3) is 13.9. The predicted octanol–water partition coefficient (Wildman–Crippen LogP) is 9.24. The third-order valence-corrected chi connectivity index (χ3v) is 6.67. The highest BCUT2D eigenvalue weighted by atomic mass is 16.5. The lowest BCUT2D eigenvalue weighted by atomic mass is 10.0. The van der Waals surface area contributed by atoms with Gasteiger partial charge in [0.15, 0.2) is 0 Å². The number of hydrogen-bond donors (Lipinski definition) is 1. The fourth-order valence-corrected chi connectivity index (χ4v) is 4.36. The summed E-state index contributed by atoms with van der Waals surface area (Å²) >= 11 is 0. The maximum Gasteiger partial charge on any atom is 0.343 e. The molecule has 0 amide bonds. The van der Waals surface area contributed by atoms with Crippen molar-refractivity contribution >= 4 is 11.9 Å². The summed E-state index contributed by atoms with van der Waals surface area (Å²) in [6.45, 7) is 2.95. The van der Waals surface area contributed by atoms with Crippen molar-refractivity contribution in [3.8, 4) is 11.5 Å². The highest BCUT2D eigenvalue weighted by molar-refractivity contribution is 5.91. The van der Waals surface area contributed by atoms with Crippen LogP contribution in [0, 0.1) is 0 Å². The van der Waals surface area contributed by atoms with Gasteiger partial charge in [-0.3, -0.25) is 0 Å². The van der Waals surface area contributed by atoms with Crippen molar-refractivity contribution < 1.29 is 24.2 Å². The summed E-state index contributed by atoms with van der Waals surface area (Å²) in [6, 6.07) is 12.6. The lowest BCUT2D eigenvalue weighted by Crippen LogP contribution is -2.08. The minimum absolute atomic E-state index is 0.144. The molecule has 5 heteroatoms. The molecule has 2 aromatic carbocycles. The second-order valence-corrected chi connectivity index (χ2v) is 9.90. The molecule has 0 saturated carbocycles. The molecular formula is C32H46O5. The average Bonchev–Trinajstić information content (AvgIpc) is 2.91. The van der Waals surface area contributed by atoms with E-state index in [4.69, 9.17) is 14.6 Å². The molecule has 0 heterocycles. The van der Waals surface area contributed by atoms with E-state index in [0.29, 0.717) is 17.9 Å².